The van der Waals surface area contributed by atoms with E-state index in [4.69, 9.17) is 4.74 Å². The second-order valence-corrected chi connectivity index (χ2v) is 4.49. The number of fused-ring (bicyclic) bond motifs is 1. The van der Waals surface area contributed by atoms with Gasteiger partial charge in [0.25, 0.3) is 5.91 Å². The number of ether oxygens (including phenoxy) is 1. The molecule has 20 heavy (non-hydrogen) atoms. The van der Waals surface area contributed by atoms with Crippen LogP contribution in [0.1, 0.15) is 11.1 Å². The quantitative estimate of drug-likeness (QED) is 0.822. The Hall–Kier alpha value is -2.75. The van der Waals surface area contributed by atoms with Crippen LogP contribution in [0, 0.1) is 0 Å². The summed E-state index contributed by atoms with van der Waals surface area (Å²) >= 11 is 0. The topological polar surface area (TPSA) is 58.6 Å². The molecule has 4 heteroatoms. The smallest absolute Gasteiger partial charge is 0.256 e. The van der Waals surface area contributed by atoms with Gasteiger partial charge in [0.15, 0.2) is 11.5 Å². The zero-order chi connectivity index (χ0) is 14.1. The highest BCUT2D eigenvalue weighted by Gasteiger charge is 2.23. The highest BCUT2D eigenvalue weighted by Crippen LogP contribution is 2.34. The zero-order valence-corrected chi connectivity index (χ0v) is 10.9. The number of nitrogens with one attached hydrogen (secondary N) is 1. The first-order chi connectivity index (χ1) is 9.69. The minimum atomic E-state index is -0.137. The van der Waals surface area contributed by atoms with Crippen LogP contribution >= 0.6 is 0 Å². The number of carbonyl (C=O) groups excluding carboxylic acids is 1. The molecule has 0 saturated carbocycles. The van der Waals surface area contributed by atoms with Gasteiger partial charge in [0.1, 0.15) is 0 Å². The standard InChI is InChI=1S/C16H13NO3/c1-20-15-7-6-10(9-14(15)18)8-12-11-4-2-3-5-13(11)17-16(12)19/h2-9,18H,1H3,(H,17,19)/b12-8-. The van der Waals surface area contributed by atoms with Gasteiger partial charge in [-0.25, -0.2) is 0 Å². The van der Waals surface area contributed by atoms with Crippen molar-refractivity contribution in [2.24, 2.45) is 0 Å². The summed E-state index contributed by atoms with van der Waals surface area (Å²) in [4.78, 5) is 12.0. The van der Waals surface area contributed by atoms with Gasteiger partial charge in [-0.05, 0) is 29.8 Å². The van der Waals surface area contributed by atoms with Gasteiger partial charge >= 0.3 is 0 Å². The summed E-state index contributed by atoms with van der Waals surface area (Å²) in [5.41, 5.74) is 3.00. The first-order valence-electron chi connectivity index (χ1n) is 6.18. The molecule has 0 fully saturated rings. The molecule has 4 nitrogen and oxygen atoms in total. The summed E-state index contributed by atoms with van der Waals surface area (Å²) in [6.45, 7) is 0. The van der Waals surface area contributed by atoms with E-state index < -0.39 is 0 Å². The van der Waals surface area contributed by atoms with E-state index in [0.29, 0.717) is 11.3 Å². The molecule has 100 valence electrons. The van der Waals surface area contributed by atoms with Gasteiger partial charge in [-0.1, -0.05) is 24.3 Å². The van der Waals surface area contributed by atoms with Crippen molar-refractivity contribution >= 4 is 23.2 Å². The molecule has 1 amide bonds. The molecule has 1 aliphatic rings. The van der Waals surface area contributed by atoms with E-state index >= 15 is 0 Å². The summed E-state index contributed by atoms with van der Waals surface area (Å²) in [6, 6.07) is 12.5. The lowest BCUT2D eigenvalue weighted by Gasteiger charge is -2.04. The Morgan fingerprint density at radius 2 is 2.00 bits per heavy atom. The van der Waals surface area contributed by atoms with E-state index in [-0.39, 0.29) is 11.7 Å². The third kappa shape index (κ3) is 2.01. The maximum Gasteiger partial charge on any atom is 0.256 e. The number of methoxy groups -OCH3 is 1. The van der Waals surface area contributed by atoms with Crippen molar-refractivity contribution in [1.29, 1.82) is 0 Å². The third-order valence-corrected chi connectivity index (χ3v) is 3.22. The van der Waals surface area contributed by atoms with Crippen LogP contribution in [0.3, 0.4) is 0 Å². The molecule has 0 saturated heterocycles. The van der Waals surface area contributed by atoms with Crippen LogP contribution < -0.4 is 10.1 Å². The van der Waals surface area contributed by atoms with Gasteiger partial charge in [-0.2, -0.15) is 0 Å². The van der Waals surface area contributed by atoms with E-state index in [1.165, 1.54) is 7.11 Å². The first-order valence-corrected chi connectivity index (χ1v) is 6.18. The first kappa shape index (κ1) is 12.3. The summed E-state index contributed by atoms with van der Waals surface area (Å²) in [5.74, 6) is 0.318. The fourth-order valence-corrected chi connectivity index (χ4v) is 2.25. The number of hydrogen-bond acceptors (Lipinski definition) is 3. The van der Waals surface area contributed by atoms with Crippen molar-refractivity contribution in [1.82, 2.24) is 0 Å². The van der Waals surface area contributed by atoms with Crippen molar-refractivity contribution in [3.63, 3.8) is 0 Å². The average molecular weight is 267 g/mol. The summed E-state index contributed by atoms with van der Waals surface area (Å²) in [6.07, 6.45) is 1.75. The van der Waals surface area contributed by atoms with E-state index in [1.807, 2.05) is 24.3 Å². The van der Waals surface area contributed by atoms with E-state index in [9.17, 15) is 9.90 Å². The molecule has 1 aliphatic heterocycles. The van der Waals surface area contributed by atoms with Crippen LogP contribution in [0.15, 0.2) is 42.5 Å². The van der Waals surface area contributed by atoms with Gasteiger partial charge in [0.05, 0.1) is 7.11 Å². The molecule has 3 rings (SSSR count). The monoisotopic (exact) mass is 267 g/mol. The molecular formula is C16H13NO3. The number of hydrogen-bond donors (Lipinski definition) is 2. The molecule has 1 heterocycles. The molecule has 0 unspecified atom stereocenters. The van der Waals surface area contributed by atoms with Crippen LogP contribution in [0.25, 0.3) is 11.6 Å². The van der Waals surface area contributed by atoms with Crippen LogP contribution in [0.2, 0.25) is 0 Å². The molecule has 2 N–H and O–H groups in total. The van der Waals surface area contributed by atoms with Crippen molar-refractivity contribution in [3.8, 4) is 11.5 Å². The number of para-hydroxylation sites is 1. The lowest BCUT2D eigenvalue weighted by molar-refractivity contribution is -0.110. The number of amides is 1. The van der Waals surface area contributed by atoms with Crippen molar-refractivity contribution in [3.05, 3.63) is 53.6 Å². The largest absolute Gasteiger partial charge is 0.504 e. The molecule has 2 aromatic carbocycles. The minimum absolute atomic E-state index is 0.0496. The second-order valence-electron chi connectivity index (χ2n) is 4.49. The number of anilines is 1. The molecule has 0 aromatic heterocycles. The maximum absolute atomic E-state index is 12.0. The number of rotatable bonds is 2. The number of phenols is 1. The van der Waals surface area contributed by atoms with Crippen molar-refractivity contribution in [2.75, 3.05) is 12.4 Å². The lowest BCUT2D eigenvalue weighted by atomic mass is 10.0. The van der Waals surface area contributed by atoms with E-state index in [2.05, 4.69) is 5.32 Å². The van der Waals surface area contributed by atoms with Gasteiger partial charge in [-0.15, -0.1) is 0 Å². The van der Waals surface area contributed by atoms with E-state index in [0.717, 1.165) is 16.8 Å². The molecule has 2 aromatic rings. The highest BCUT2D eigenvalue weighted by atomic mass is 16.5. The van der Waals surface area contributed by atoms with Crippen LogP contribution in [0.4, 0.5) is 5.69 Å². The molecular weight excluding hydrogens is 254 g/mol. The molecule has 0 radical (unpaired) electrons. The predicted molar refractivity (Wildman–Crippen MR) is 77.6 cm³/mol. The average Bonchev–Trinajstić information content (AvgIpc) is 2.76. The van der Waals surface area contributed by atoms with Gasteiger partial charge in [0.2, 0.25) is 0 Å². The van der Waals surface area contributed by atoms with Gasteiger partial charge < -0.3 is 15.2 Å². The lowest BCUT2D eigenvalue weighted by Crippen LogP contribution is -2.03. The fourth-order valence-electron chi connectivity index (χ4n) is 2.25. The van der Waals surface area contributed by atoms with Crippen molar-refractivity contribution < 1.29 is 14.6 Å². The summed E-state index contributed by atoms with van der Waals surface area (Å²) in [5, 5.41) is 12.6. The molecule has 0 bridgehead atoms. The zero-order valence-electron chi connectivity index (χ0n) is 10.9. The summed E-state index contributed by atoms with van der Waals surface area (Å²) in [7, 11) is 1.49. The predicted octanol–water partition coefficient (Wildman–Crippen LogP) is 2.89. The van der Waals surface area contributed by atoms with Crippen LogP contribution in [0.5, 0.6) is 11.5 Å². The molecule has 0 spiro atoms. The Morgan fingerprint density at radius 3 is 2.75 bits per heavy atom. The van der Waals surface area contributed by atoms with Crippen LogP contribution in [-0.4, -0.2) is 18.1 Å². The fraction of sp³-hybridized carbons (Fsp3) is 0.0625. The summed E-state index contributed by atoms with van der Waals surface area (Å²) < 4.78 is 5.00. The van der Waals surface area contributed by atoms with Crippen LogP contribution in [-0.2, 0) is 4.79 Å². The highest BCUT2D eigenvalue weighted by molar-refractivity contribution is 6.34. The normalized spacial score (nSPS) is 15.1. The Morgan fingerprint density at radius 1 is 1.20 bits per heavy atom. The SMILES string of the molecule is COc1ccc(/C=C2\C(=O)Nc3ccccc32)cc1O. The molecule has 0 atom stereocenters. The van der Waals surface area contributed by atoms with E-state index in [1.54, 1.807) is 24.3 Å². The number of benzene rings is 2. The van der Waals surface area contributed by atoms with Gasteiger partial charge in [0, 0.05) is 16.8 Å². The third-order valence-electron chi connectivity index (χ3n) is 3.22. The number of phenolic OH excluding ortho intramolecular Hbond substituents is 1. The molecule has 0 aliphatic carbocycles. The van der Waals surface area contributed by atoms with Gasteiger partial charge in [-0.3, -0.25) is 4.79 Å². The maximum atomic E-state index is 12.0. The number of aromatic hydroxyl groups is 1. The Kier molecular flexibility index (Phi) is 2.91. The second kappa shape index (κ2) is 4.74. The Labute approximate surface area is 116 Å². The number of carbonyl (C=O) groups is 1. The Balaban J connectivity index is 2.04. The van der Waals surface area contributed by atoms with Crippen molar-refractivity contribution in [2.45, 2.75) is 0 Å². The minimum Gasteiger partial charge on any atom is -0.504 e. The Bertz CT molecular complexity index is 719.